The Labute approximate surface area is 199 Å². The zero-order chi connectivity index (χ0) is 25.6. The van der Waals surface area contributed by atoms with Crippen LogP contribution in [0.15, 0.2) is 77.7 Å². The number of methoxy groups -OCH3 is 1. The van der Waals surface area contributed by atoms with Crippen LogP contribution in [-0.4, -0.2) is 34.1 Å². The molecule has 0 aromatic heterocycles. The molecule has 0 heterocycles. The Balaban J connectivity index is 1.68. The van der Waals surface area contributed by atoms with Gasteiger partial charge in [-0.1, -0.05) is 30.3 Å². The van der Waals surface area contributed by atoms with Gasteiger partial charge in [0, 0.05) is 7.11 Å². The lowest BCUT2D eigenvalue weighted by atomic mass is 10.0. The van der Waals surface area contributed by atoms with E-state index in [0.717, 1.165) is 36.4 Å². The van der Waals surface area contributed by atoms with E-state index in [0.29, 0.717) is 16.7 Å². The molecule has 0 aliphatic heterocycles. The number of rotatable bonds is 9. The summed E-state index contributed by atoms with van der Waals surface area (Å²) in [6.07, 6.45) is -4.44. The Morgan fingerprint density at radius 1 is 0.971 bits per heavy atom. The molecule has 0 fully saturated rings. The third kappa shape index (κ3) is 7.10. The first kappa shape index (κ1) is 26.3. The van der Waals surface area contributed by atoms with Gasteiger partial charge < -0.3 is 9.47 Å². The molecule has 1 N–H and O–H groups in total. The number of benzene rings is 3. The van der Waals surface area contributed by atoms with Crippen molar-refractivity contribution in [2.75, 3.05) is 13.7 Å². The lowest BCUT2D eigenvalue weighted by Crippen LogP contribution is -2.44. The second-order valence-electron chi connectivity index (χ2n) is 7.47. The van der Waals surface area contributed by atoms with Crippen molar-refractivity contribution in [3.05, 3.63) is 89.7 Å². The Morgan fingerprint density at radius 3 is 2.23 bits per heavy atom. The number of carbonyl (C=O) groups is 1. The summed E-state index contributed by atoms with van der Waals surface area (Å²) in [5.41, 5.74) is 0.917. The standard InChI is InChI=1S/C24H21F4NO5S/c1-33-15-22(29-35(31,32)21-11-9-20(25)10-12-21)23(30)34-14-16-3-2-4-18(13-16)17-5-7-19(8-6-17)24(26,27)28/h2-13,22,29H,14-15H2,1H3. The first-order valence-electron chi connectivity index (χ1n) is 10.2. The van der Waals surface area contributed by atoms with Crippen molar-refractivity contribution < 1.29 is 40.2 Å². The Bertz CT molecular complexity index is 1260. The number of halogens is 4. The molecule has 0 spiro atoms. The van der Waals surface area contributed by atoms with Crippen molar-refractivity contribution in [3.8, 4) is 11.1 Å². The molecule has 0 saturated carbocycles. The normalized spacial score (nSPS) is 12.8. The molecule has 3 rings (SSSR count). The number of alkyl halides is 3. The molecule has 6 nitrogen and oxygen atoms in total. The van der Waals surface area contributed by atoms with Crippen LogP contribution in [0.5, 0.6) is 0 Å². The van der Waals surface area contributed by atoms with E-state index < -0.39 is 39.6 Å². The smallest absolute Gasteiger partial charge is 0.416 e. The second kappa shape index (κ2) is 11.0. The molecule has 3 aromatic carbocycles. The highest BCUT2D eigenvalue weighted by atomic mass is 32.2. The molecule has 0 aliphatic rings. The first-order valence-corrected chi connectivity index (χ1v) is 11.7. The summed E-state index contributed by atoms with van der Waals surface area (Å²) in [5.74, 6) is -1.52. The third-order valence-electron chi connectivity index (χ3n) is 4.89. The van der Waals surface area contributed by atoms with E-state index in [1.165, 1.54) is 19.2 Å². The van der Waals surface area contributed by atoms with Crippen LogP contribution in [0, 0.1) is 5.82 Å². The van der Waals surface area contributed by atoms with Crippen LogP contribution in [0.1, 0.15) is 11.1 Å². The monoisotopic (exact) mass is 511 g/mol. The van der Waals surface area contributed by atoms with Gasteiger partial charge in [0.1, 0.15) is 18.5 Å². The Kier molecular flexibility index (Phi) is 8.26. The van der Waals surface area contributed by atoms with Gasteiger partial charge in [0.05, 0.1) is 17.1 Å². The fourth-order valence-electron chi connectivity index (χ4n) is 3.13. The van der Waals surface area contributed by atoms with E-state index in [-0.39, 0.29) is 18.1 Å². The molecule has 0 saturated heterocycles. The van der Waals surface area contributed by atoms with Crippen LogP contribution >= 0.6 is 0 Å². The second-order valence-corrected chi connectivity index (χ2v) is 9.18. The van der Waals surface area contributed by atoms with Crippen LogP contribution < -0.4 is 4.72 Å². The van der Waals surface area contributed by atoms with Crippen molar-refractivity contribution in [3.63, 3.8) is 0 Å². The zero-order valence-electron chi connectivity index (χ0n) is 18.4. The predicted octanol–water partition coefficient (Wildman–Crippen LogP) is 4.55. The average molecular weight is 511 g/mol. The third-order valence-corrected chi connectivity index (χ3v) is 6.38. The topological polar surface area (TPSA) is 81.7 Å². The van der Waals surface area contributed by atoms with Crippen molar-refractivity contribution >= 4 is 16.0 Å². The highest BCUT2D eigenvalue weighted by Gasteiger charge is 2.30. The number of hydrogen-bond acceptors (Lipinski definition) is 5. The predicted molar refractivity (Wildman–Crippen MR) is 119 cm³/mol. The lowest BCUT2D eigenvalue weighted by Gasteiger charge is -2.17. The summed E-state index contributed by atoms with van der Waals surface area (Å²) in [7, 11) is -2.88. The Hall–Kier alpha value is -3.28. The molecule has 186 valence electrons. The molecule has 0 radical (unpaired) electrons. The largest absolute Gasteiger partial charge is 0.460 e. The minimum Gasteiger partial charge on any atom is -0.460 e. The molecule has 35 heavy (non-hydrogen) atoms. The SMILES string of the molecule is COCC(NS(=O)(=O)c1ccc(F)cc1)C(=O)OCc1cccc(-c2ccc(C(F)(F)F)cc2)c1. The summed E-state index contributed by atoms with van der Waals surface area (Å²) >= 11 is 0. The van der Waals surface area contributed by atoms with Crippen LogP contribution in [0.4, 0.5) is 17.6 Å². The van der Waals surface area contributed by atoms with Crippen molar-refractivity contribution in [1.29, 1.82) is 0 Å². The summed E-state index contributed by atoms with van der Waals surface area (Å²) in [4.78, 5) is 12.3. The summed E-state index contributed by atoms with van der Waals surface area (Å²) < 4.78 is 88.8. The van der Waals surface area contributed by atoms with Crippen molar-refractivity contribution in [1.82, 2.24) is 4.72 Å². The van der Waals surface area contributed by atoms with Crippen LogP contribution in [0.25, 0.3) is 11.1 Å². The number of ether oxygens (including phenoxy) is 2. The van der Waals surface area contributed by atoms with Gasteiger partial charge in [-0.3, -0.25) is 4.79 Å². The fraction of sp³-hybridized carbons (Fsp3) is 0.208. The maximum Gasteiger partial charge on any atom is 0.416 e. The summed E-state index contributed by atoms with van der Waals surface area (Å²) in [6.45, 7) is -0.531. The first-order chi connectivity index (χ1) is 16.5. The molecule has 1 atom stereocenters. The highest BCUT2D eigenvalue weighted by molar-refractivity contribution is 7.89. The van der Waals surface area contributed by atoms with Gasteiger partial charge in [0.25, 0.3) is 0 Å². The average Bonchev–Trinajstić information content (AvgIpc) is 2.82. The van der Waals surface area contributed by atoms with Gasteiger partial charge in [0.2, 0.25) is 10.0 Å². The van der Waals surface area contributed by atoms with E-state index in [4.69, 9.17) is 9.47 Å². The fourth-order valence-corrected chi connectivity index (χ4v) is 4.30. The number of carbonyl (C=O) groups excluding carboxylic acids is 1. The zero-order valence-corrected chi connectivity index (χ0v) is 19.2. The van der Waals surface area contributed by atoms with E-state index in [1.807, 2.05) is 0 Å². The lowest BCUT2D eigenvalue weighted by molar-refractivity contribution is -0.148. The molecule has 0 bridgehead atoms. The molecule has 0 aliphatic carbocycles. The van der Waals surface area contributed by atoms with Gasteiger partial charge >= 0.3 is 12.1 Å². The van der Waals surface area contributed by atoms with Gasteiger partial charge in [-0.25, -0.2) is 12.8 Å². The molecule has 1 unspecified atom stereocenters. The van der Waals surface area contributed by atoms with E-state index in [2.05, 4.69) is 4.72 Å². The van der Waals surface area contributed by atoms with Gasteiger partial charge in [0.15, 0.2) is 0 Å². The summed E-state index contributed by atoms with van der Waals surface area (Å²) in [6, 6.07) is 14.0. The minimum absolute atomic E-state index is 0.216. The molecule has 11 heteroatoms. The number of hydrogen-bond donors (Lipinski definition) is 1. The van der Waals surface area contributed by atoms with Gasteiger partial charge in [-0.2, -0.15) is 17.9 Å². The number of nitrogens with one attached hydrogen (secondary N) is 1. The van der Waals surface area contributed by atoms with Crippen molar-refractivity contribution in [2.45, 2.75) is 23.7 Å². The van der Waals surface area contributed by atoms with Crippen molar-refractivity contribution in [2.24, 2.45) is 0 Å². The van der Waals surface area contributed by atoms with E-state index >= 15 is 0 Å². The molecular weight excluding hydrogens is 490 g/mol. The minimum atomic E-state index is -4.44. The van der Waals surface area contributed by atoms with Gasteiger partial charge in [-0.15, -0.1) is 0 Å². The number of sulfonamides is 1. The van der Waals surface area contributed by atoms with E-state index in [1.54, 1.807) is 24.3 Å². The quantitative estimate of drug-likeness (QED) is 0.337. The maximum absolute atomic E-state index is 13.1. The number of esters is 1. The molecule has 3 aromatic rings. The van der Waals surface area contributed by atoms with Crippen LogP contribution in [-0.2, 0) is 37.1 Å². The molecule has 0 amide bonds. The van der Waals surface area contributed by atoms with Gasteiger partial charge in [-0.05, 0) is 59.2 Å². The Morgan fingerprint density at radius 2 is 1.63 bits per heavy atom. The van der Waals surface area contributed by atoms with E-state index in [9.17, 15) is 30.8 Å². The highest BCUT2D eigenvalue weighted by Crippen LogP contribution is 2.31. The van der Waals surface area contributed by atoms with Crippen LogP contribution in [0.3, 0.4) is 0 Å². The maximum atomic E-state index is 13.1. The summed E-state index contributed by atoms with van der Waals surface area (Å²) in [5, 5.41) is 0. The van der Waals surface area contributed by atoms with Crippen LogP contribution in [0.2, 0.25) is 0 Å². The molecular formula is C24H21F4NO5S.